The van der Waals surface area contributed by atoms with E-state index in [9.17, 15) is 0 Å². The molecule has 0 saturated heterocycles. The smallest absolute Gasteiger partial charge is 0.0728 e. The minimum atomic E-state index is -0.229. The highest BCUT2D eigenvalue weighted by Gasteiger charge is 2.41. The van der Waals surface area contributed by atoms with E-state index in [0.29, 0.717) is 0 Å². The number of nitrogens with zero attached hydrogens (tertiary/aromatic N) is 4. The molecule has 8 bridgehead atoms. The fourth-order valence-corrected chi connectivity index (χ4v) is 4.51. The number of aromatic nitrogens is 4. The maximum Gasteiger partial charge on any atom is 0.0728 e. The molecule has 0 amide bonds. The summed E-state index contributed by atoms with van der Waals surface area (Å²) in [4.78, 5) is 0. The Kier molecular flexibility index (Phi) is 4.11. The second-order valence-electron chi connectivity index (χ2n) is 10.3. The molecule has 4 nitrogen and oxygen atoms in total. The Labute approximate surface area is 184 Å². The number of hydrogen-bond acceptors (Lipinski definition) is 2. The fourth-order valence-electron chi connectivity index (χ4n) is 4.51. The van der Waals surface area contributed by atoms with Crippen molar-refractivity contribution in [2.75, 3.05) is 0 Å². The summed E-state index contributed by atoms with van der Waals surface area (Å²) in [7, 11) is 0. The Morgan fingerprint density at radius 2 is 1.10 bits per heavy atom. The van der Waals surface area contributed by atoms with Crippen LogP contribution in [0.5, 0.6) is 0 Å². The van der Waals surface area contributed by atoms with Gasteiger partial charge in [-0.3, -0.25) is 0 Å². The second-order valence-corrected chi connectivity index (χ2v) is 10.3. The lowest BCUT2D eigenvalue weighted by atomic mass is 9.62. The zero-order valence-corrected chi connectivity index (χ0v) is 19.2. The van der Waals surface area contributed by atoms with Crippen molar-refractivity contribution in [3.05, 3.63) is 95.6 Å². The molecule has 0 N–H and O–H groups in total. The quantitative estimate of drug-likeness (QED) is 0.359. The van der Waals surface area contributed by atoms with E-state index >= 15 is 0 Å². The molecule has 0 fully saturated rings. The predicted molar refractivity (Wildman–Crippen MR) is 125 cm³/mol. The second kappa shape index (κ2) is 6.43. The third kappa shape index (κ3) is 2.88. The van der Waals surface area contributed by atoms with Crippen LogP contribution < -0.4 is 0 Å². The van der Waals surface area contributed by atoms with Crippen molar-refractivity contribution >= 4 is 0 Å². The first-order chi connectivity index (χ1) is 14.6. The largest absolute Gasteiger partial charge is 0.241 e. The molecular weight excluding hydrogens is 380 g/mol. The summed E-state index contributed by atoms with van der Waals surface area (Å²) >= 11 is 0. The Bertz CT molecular complexity index is 1270. The van der Waals surface area contributed by atoms with Gasteiger partial charge in [-0.2, -0.15) is 10.2 Å². The highest BCUT2D eigenvalue weighted by Crippen LogP contribution is 2.44. The molecule has 3 heterocycles. The summed E-state index contributed by atoms with van der Waals surface area (Å²) < 4.78 is 4.00. The maximum atomic E-state index is 5.04. The molecule has 4 aromatic rings. The van der Waals surface area contributed by atoms with Gasteiger partial charge in [-0.25, -0.2) is 9.36 Å². The molecule has 0 saturated carbocycles. The monoisotopic (exact) mass is 410 g/mol. The molecule has 0 unspecified atom stereocenters. The molecule has 0 spiro atoms. The van der Waals surface area contributed by atoms with E-state index in [1.807, 2.05) is 9.36 Å². The van der Waals surface area contributed by atoms with Gasteiger partial charge in [0, 0.05) is 28.6 Å². The molecule has 2 aromatic heterocycles. The van der Waals surface area contributed by atoms with E-state index in [1.54, 1.807) is 0 Å². The van der Waals surface area contributed by atoms with Gasteiger partial charge in [0.1, 0.15) is 0 Å². The lowest BCUT2D eigenvalue weighted by Gasteiger charge is -2.41. The van der Waals surface area contributed by atoms with Gasteiger partial charge in [-0.05, 0) is 47.5 Å². The van der Waals surface area contributed by atoms with Crippen LogP contribution in [0.2, 0.25) is 0 Å². The topological polar surface area (TPSA) is 35.6 Å². The zero-order valence-electron chi connectivity index (χ0n) is 19.2. The lowest BCUT2D eigenvalue weighted by Crippen LogP contribution is -2.40. The number of benzene rings is 2. The standard InChI is InChI=1S/C27H30N4/c1-25(2)19-9-7-11-21(17-19)31-16-14-24(29-31)27(5,6)26(3,4)20-10-8-12-22(18-20)30-15-13-23(25)28-30/h7-18H,1-6H3. The van der Waals surface area contributed by atoms with Crippen molar-refractivity contribution in [1.82, 2.24) is 19.6 Å². The molecule has 4 heteroatoms. The van der Waals surface area contributed by atoms with Crippen LogP contribution >= 0.6 is 0 Å². The van der Waals surface area contributed by atoms with Crippen molar-refractivity contribution in [2.45, 2.75) is 57.8 Å². The summed E-state index contributed by atoms with van der Waals surface area (Å²) in [6.45, 7) is 13.6. The first-order valence-electron chi connectivity index (χ1n) is 10.9. The van der Waals surface area contributed by atoms with Crippen molar-refractivity contribution in [3.8, 4) is 11.4 Å². The van der Waals surface area contributed by atoms with Crippen LogP contribution in [-0.2, 0) is 16.2 Å². The Balaban J connectivity index is 1.81. The predicted octanol–water partition coefficient (Wildman–Crippen LogP) is 5.95. The van der Waals surface area contributed by atoms with Gasteiger partial charge in [0.05, 0.1) is 22.8 Å². The Morgan fingerprint density at radius 1 is 0.581 bits per heavy atom. The van der Waals surface area contributed by atoms with Gasteiger partial charge in [0.15, 0.2) is 0 Å². The van der Waals surface area contributed by atoms with Crippen LogP contribution in [0, 0.1) is 0 Å². The van der Waals surface area contributed by atoms with Crippen LogP contribution in [0.25, 0.3) is 11.4 Å². The highest BCUT2D eigenvalue weighted by atomic mass is 15.3. The van der Waals surface area contributed by atoms with Crippen LogP contribution in [0.1, 0.15) is 64.1 Å². The van der Waals surface area contributed by atoms with Crippen LogP contribution in [0.3, 0.4) is 0 Å². The molecule has 0 aliphatic carbocycles. The number of rotatable bonds is 0. The summed E-state index contributed by atoms with van der Waals surface area (Å²) in [6.07, 6.45) is 4.15. The van der Waals surface area contributed by atoms with E-state index < -0.39 is 0 Å². The maximum absolute atomic E-state index is 5.04. The van der Waals surface area contributed by atoms with Crippen LogP contribution in [0.15, 0.2) is 73.1 Å². The first-order valence-corrected chi connectivity index (χ1v) is 10.9. The summed E-state index contributed by atoms with van der Waals surface area (Å²) in [5.74, 6) is 0. The highest BCUT2D eigenvalue weighted by molar-refractivity contribution is 5.45. The van der Waals surface area contributed by atoms with Gasteiger partial charge in [-0.15, -0.1) is 0 Å². The van der Waals surface area contributed by atoms with Gasteiger partial charge in [-0.1, -0.05) is 65.8 Å². The zero-order chi connectivity index (χ0) is 22.0. The molecule has 1 aliphatic rings. The Morgan fingerprint density at radius 3 is 1.74 bits per heavy atom. The minimum absolute atomic E-state index is 0.139. The molecule has 1 aliphatic heterocycles. The number of fused-ring (bicyclic) bond motifs is 10. The third-order valence-electron chi connectivity index (χ3n) is 7.69. The van der Waals surface area contributed by atoms with Crippen molar-refractivity contribution in [3.63, 3.8) is 0 Å². The fraction of sp³-hybridized carbons (Fsp3) is 0.333. The average Bonchev–Trinajstić information content (AvgIpc) is 3.44. The van der Waals surface area contributed by atoms with Crippen LogP contribution in [0.4, 0.5) is 0 Å². The molecule has 31 heavy (non-hydrogen) atoms. The summed E-state index contributed by atoms with van der Waals surface area (Å²) in [5, 5.41) is 10.0. The molecule has 0 radical (unpaired) electrons. The van der Waals surface area contributed by atoms with Gasteiger partial charge in [0.2, 0.25) is 0 Å². The van der Waals surface area contributed by atoms with E-state index in [-0.39, 0.29) is 16.2 Å². The molecular formula is C27H30N4. The van der Waals surface area contributed by atoms with E-state index in [4.69, 9.17) is 10.2 Å². The first kappa shape index (κ1) is 19.8. The normalized spacial score (nSPS) is 18.1. The molecule has 158 valence electrons. The lowest BCUT2D eigenvalue weighted by molar-refractivity contribution is 0.294. The van der Waals surface area contributed by atoms with Crippen molar-refractivity contribution in [1.29, 1.82) is 0 Å². The summed E-state index contributed by atoms with van der Waals surface area (Å²) in [6, 6.07) is 21.7. The molecule has 5 rings (SSSR count). The molecule has 0 atom stereocenters. The SMILES string of the molecule is CC1(C)c2cccc(c2)-n2ccc(n2)C(C)(C)C(C)(C)c2cccc(c2)-n2ccc1n2. The van der Waals surface area contributed by atoms with E-state index in [0.717, 1.165) is 22.8 Å². The number of hydrogen-bond donors (Lipinski definition) is 0. The van der Waals surface area contributed by atoms with Crippen molar-refractivity contribution in [2.24, 2.45) is 0 Å². The minimum Gasteiger partial charge on any atom is -0.241 e. The molecule has 2 aromatic carbocycles. The van der Waals surface area contributed by atoms with E-state index in [1.165, 1.54) is 11.1 Å². The third-order valence-corrected chi connectivity index (χ3v) is 7.69. The van der Waals surface area contributed by atoms with Gasteiger partial charge < -0.3 is 0 Å². The van der Waals surface area contributed by atoms with Gasteiger partial charge >= 0.3 is 0 Å². The summed E-state index contributed by atoms with van der Waals surface area (Å²) in [5.41, 5.74) is 6.23. The Hall–Kier alpha value is -3.14. The van der Waals surface area contributed by atoms with Crippen molar-refractivity contribution < 1.29 is 0 Å². The van der Waals surface area contributed by atoms with Crippen LogP contribution in [-0.4, -0.2) is 19.6 Å². The van der Waals surface area contributed by atoms with Gasteiger partial charge in [0.25, 0.3) is 0 Å². The average molecular weight is 411 g/mol. The van der Waals surface area contributed by atoms with E-state index in [2.05, 4.69) is 115 Å².